The minimum absolute atomic E-state index is 0.0106. The molecular weight excluding hydrogens is 438 g/mol. The maximum absolute atomic E-state index is 13.4. The number of carboxylic acid groups (broad SMARTS) is 1. The van der Waals surface area contributed by atoms with Crippen molar-refractivity contribution in [3.05, 3.63) is 70.1 Å². The van der Waals surface area contributed by atoms with Crippen LogP contribution in [-0.4, -0.2) is 36.9 Å². The molecule has 0 bridgehead atoms. The number of hydrogen-bond donors (Lipinski definition) is 4. The first kappa shape index (κ1) is 17.4. The maximum Gasteiger partial charge on any atom is 0.354 e. The zero-order chi connectivity index (χ0) is 20.3. The summed E-state index contributed by atoms with van der Waals surface area (Å²) in [6.45, 7) is 0. The molecule has 0 saturated carbocycles. The molecule has 29 heavy (non-hydrogen) atoms. The van der Waals surface area contributed by atoms with Crippen molar-refractivity contribution in [2.45, 2.75) is 0 Å². The highest BCUT2D eigenvalue weighted by atomic mass is 79.9. The molecular formula is C21H12BrN3O4. The number of phenols is 1. The van der Waals surface area contributed by atoms with E-state index in [-0.39, 0.29) is 17.1 Å². The average Bonchev–Trinajstić information content (AvgIpc) is 3.27. The summed E-state index contributed by atoms with van der Waals surface area (Å²) >= 11 is 3.41. The number of carbonyl (C=O) groups excluding carboxylic acids is 1. The highest BCUT2D eigenvalue weighted by Crippen LogP contribution is 2.32. The third-order valence-corrected chi connectivity index (χ3v) is 5.39. The Hall–Kier alpha value is -3.65. The van der Waals surface area contributed by atoms with E-state index in [0.29, 0.717) is 32.8 Å². The van der Waals surface area contributed by atoms with Crippen molar-refractivity contribution >= 4 is 60.4 Å². The van der Waals surface area contributed by atoms with Crippen LogP contribution >= 0.6 is 15.9 Å². The number of aromatic hydroxyl groups is 1. The van der Waals surface area contributed by atoms with E-state index in [0.717, 1.165) is 9.99 Å². The maximum atomic E-state index is 13.4. The molecule has 2 aromatic carbocycles. The number of carboxylic acids is 1. The zero-order valence-corrected chi connectivity index (χ0v) is 16.2. The zero-order valence-electron chi connectivity index (χ0n) is 14.7. The van der Waals surface area contributed by atoms with E-state index in [2.05, 4.69) is 30.9 Å². The second kappa shape index (κ2) is 6.18. The summed E-state index contributed by atoms with van der Waals surface area (Å²) in [7, 11) is 0. The Balaban J connectivity index is 1.83. The van der Waals surface area contributed by atoms with E-state index in [1.807, 2.05) is 18.2 Å². The third-order valence-electron chi connectivity index (χ3n) is 4.90. The summed E-state index contributed by atoms with van der Waals surface area (Å²) < 4.78 is 0.817. The van der Waals surface area contributed by atoms with Gasteiger partial charge >= 0.3 is 5.97 Å². The van der Waals surface area contributed by atoms with Crippen LogP contribution in [-0.2, 0) is 0 Å². The Bertz CT molecular complexity index is 1480. The Labute approximate surface area is 171 Å². The largest absolute Gasteiger partial charge is 0.508 e. The standard InChI is InChI=1S/C21H12BrN3O4/c22-9-1-3-15-11(5-9)14(8-23-15)20(27)19-18-13(7-17(25-19)21(28)29)12-6-10(26)2-4-16(12)24-18/h1-8,23-24,26H,(H,28,29). The fourth-order valence-electron chi connectivity index (χ4n) is 3.56. The number of nitrogens with zero attached hydrogens (tertiary/aromatic N) is 1. The Kier molecular flexibility index (Phi) is 3.72. The predicted molar refractivity (Wildman–Crippen MR) is 112 cm³/mol. The van der Waals surface area contributed by atoms with Gasteiger partial charge in [0.25, 0.3) is 0 Å². The van der Waals surface area contributed by atoms with E-state index in [1.54, 1.807) is 12.3 Å². The fourth-order valence-corrected chi connectivity index (χ4v) is 3.93. The van der Waals surface area contributed by atoms with Crippen molar-refractivity contribution in [1.29, 1.82) is 0 Å². The number of H-pyrrole nitrogens is 2. The van der Waals surface area contributed by atoms with Gasteiger partial charge in [0.1, 0.15) is 17.1 Å². The van der Waals surface area contributed by atoms with Gasteiger partial charge in [0.05, 0.1) is 5.52 Å². The van der Waals surface area contributed by atoms with Gasteiger partial charge in [-0.15, -0.1) is 0 Å². The van der Waals surface area contributed by atoms with Crippen molar-refractivity contribution in [1.82, 2.24) is 15.0 Å². The molecule has 3 heterocycles. The molecule has 0 aliphatic rings. The minimum Gasteiger partial charge on any atom is -0.508 e. The number of rotatable bonds is 3. The molecule has 0 aliphatic carbocycles. The highest BCUT2D eigenvalue weighted by Gasteiger charge is 2.23. The first-order valence-corrected chi connectivity index (χ1v) is 9.42. The molecule has 7 nitrogen and oxygen atoms in total. The number of aromatic nitrogens is 3. The summed E-state index contributed by atoms with van der Waals surface area (Å²) in [6.07, 6.45) is 1.59. The second-order valence-electron chi connectivity index (χ2n) is 6.66. The smallest absolute Gasteiger partial charge is 0.354 e. The predicted octanol–water partition coefficient (Wildman–Crippen LogP) is 4.59. The van der Waals surface area contributed by atoms with Crippen molar-refractivity contribution in [3.63, 3.8) is 0 Å². The Morgan fingerprint density at radius 3 is 2.55 bits per heavy atom. The molecule has 0 amide bonds. The molecule has 5 rings (SSSR count). The van der Waals surface area contributed by atoms with Gasteiger partial charge < -0.3 is 20.2 Å². The second-order valence-corrected chi connectivity index (χ2v) is 7.58. The number of carbonyl (C=O) groups is 2. The van der Waals surface area contributed by atoms with Crippen LogP contribution in [0.15, 0.2) is 53.1 Å². The van der Waals surface area contributed by atoms with Crippen molar-refractivity contribution in [2.75, 3.05) is 0 Å². The lowest BCUT2D eigenvalue weighted by Crippen LogP contribution is -2.09. The molecule has 0 aliphatic heterocycles. The molecule has 4 N–H and O–H groups in total. The van der Waals surface area contributed by atoms with E-state index in [4.69, 9.17) is 0 Å². The van der Waals surface area contributed by atoms with Crippen LogP contribution in [0.2, 0.25) is 0 Å². The van der Waals surface area contributed by atoms with Gasteiger partial charge in [0.2, 0.25) is 5.78 Å². The van der Waals surface area contributed by atoms with Gasteiger partial charge in [-0.2, -0.15) is 0 Å². The van der Waals surface area contributed by atoms with Gasteiger partial charge in [0, 0.05) is 43.4 Å². The van der Waals surface area contributed by atoms with Crippen LogP contribution in [0.3, 0.4) is 0 Å². The number of phenolic OH excluding ortho intramolecular Hbond substituents is 1. The summed E-state index contributed by atoms with van der Waals surface area (Å²) in [6, 6.07) is 11.6. The van der Waals surface area contributed by atoms with Crippen molar-refractivity contribution < 1.29 is 19.8 Å². The lowest BCUT2D eigenvalue weighted by molar-refractivity contribution is 0.0690. The van der Waals surface area contributed by atoms with Crippen LogP contribution in [0.4, 0.5) is 0 Å². The normalized spacial score (nSPS) is 11.5. The topological polar surface area (TPSA) is 119 Å². The van der Waals surface area contributed by atoms with Crippen LogP contribution in [0.5, 0.6) is 5.75 Å². The number of aromatic amines is 2. The number of halogens is 1. The molecule has 0 saturated heterocycles. The van der Waals surface area contributed by atoms with E-state index < -0.39 is 11.8 Å². The van der Waals surface area contributed by atoms with Gasteiger partial charge in [-0.1, -0.05) is 15.9 Å². The lowest BCUT2D eigenvalue weighted by Gasteiger charge is -2.04. The number of hydrogen-bond acceptors (Lipinski definition) is 4. The molecule has 8 heteroatoms. The SMILES string of the molecule is O=C(O)c1cc2c([nH]c3ccc(O)cc32)c(C(=O)c2c[nH]c3ccc(Br)cc23)n1. The first-order valence-electron chi connectivity index (χ1n) is 8.62. The summed E-state index contributed by atoms with van der Waals surface area (Å²) in [5.41, 5.74) is 2.02. The number of benzene rings is 2. The van der Waals surface area contributed by atoms with Crippen molar-refractivity contribution in [2.24, 2.45) is 0 Å². The average molecular weight is 450 g/mol. The summed E-state index contributed by atoms with van der Waals surface area (Å²) in [4.78, 5) is 35.4. The number of aromatic carboxylic acids is 1. The quantitative estimate of drug-likeness (QED) is 0.300. The Morgan fingerprint density at radius 2 is 1.76 bits per heavy atom. The monoisotopic (exact) mass is 449 g/mol. The van der Waals surface area contributed by atoms with Crippen LogP contribution in [0.25, 0.3) is 32.7 Å². The molecule has 142 valence electrons. The lowest BCUT2D eigenvalue weighted by atomic mass is 10.0. The fraction of sp³-hybridized carbons (Fsp3) is 0. The molecule has 3 aromatic heterocycles. The van der Waals surface area contributed by atoms with Crippen LogP contribution in [0.1, 0.15) is 26.5 Å². The van der Waals surface area contributed by atoms with Crippen LogP contribution in [0, 0.1) is 0 Å². The molecule has 0 spiro atoms. The summed E-state index contributed by atoms with van der Waals surface area (Å²) in [5.74, 6) is -1.60. The number of fused-ring (bicyclic) bond motifs is 4. The van der Waals surface area contributed by atoms with Gasteiger partial charge in [-0.25, -0.2) is 9.78 Å². The number of nitrogens with one attached hydrogen (secondary N) is 2. The first-order chi connectivity index (χ1) is 13.9. The summed E-state index contributed by atoms with van der Waals surface area (Å²) in [5, 5.41) is 21.2. The van der Waals surface area contributed by atoms with E-state index in [1.165, 1.54) is 18.2 Å². The molecule has 5 aromatic rings. The van der Waals surface area contributed by atoms with Gasteiger partial charge in [-0.05, 0) is 42.5 Å². The molecule has 0 unspecified atom stereocenters. The highest BCUT2D eigenvalue weighted by molar-refractivity contribution is 9.10. The van der Waals surface area contributed by atoms with E-state index >= 15 is 0 Å². The third kappa shape index (κ3) is 2.68. The number of pyridine rings is 1. The van der Waals surface area contributed by atoms with Gasteiger partial charge in [0.15, 0.2) is 0 Å². The van der Waals surface area contributed by atoms with Gasteiger partial charge in [-0.3, -0.25) is 4.79 Å². The molecule has 0 radical (unpaired) electrons. The van der Waals surface area contributed by atoms with Crippen molar-refractivity contribution in [3.8, 4) is 5.75 Å². The van der Waals surface area contributed by atoms with E-state index in [9.17, 15) is 19.8 Å². The number of ketones is 1. The molecule has 0 atom stereocenters. The Morgan fingerprint density at radius 1 is 0.966 bits per heavy atom. The van der Waals surface area contributed by atoms with Crippen LogP contribution < -0.4 is 0 Å². The molecule has 0 fully saturated rings. The minimum atomic E-state index is -1.24.